The average molecular weight is 273 g/mol. The maximum absolute atomic E-state index is 4.52. The summed E-state index contributed by atoms with van der Waals surface area (Å²) in [6.07, 6.45) is 5.90. The molecule has 1 atom stereocenters. The van der Waals surface area contributed by atoms with Gasteiger partial charge in [0.25, 0.3) is 0 Å². The summed E-state index contributed by atoms with van der Waals surface area (Å²) in [6, 6.07) is 2.27. The quantitative estimate of drug-likeness (QED) is 0.932. The third-order valence-corrected chi connectivity index (χ3v) is 4.08. The van der Waals surface area contributed by atoms with Crippen molar-refractivity contribution in [3.05, 3.63) is 29.2 Å². The zero-order chi connectivity index (χ0) is 14.1. The van der Waals surface area contributed by atoms with Crippen LogP contribution in [0.5, 0.6) is 0 Å². The largest absolute Gasteiger partial charge is 0.248 e. The van der Waals surface area contributed by atoms with Crippen molar-refractivity contribution in [2.24, 2.45) is 0 Å². The van der Waals surface area contributed by atoms with E-state index in [1.54, 1.807) is 0 Å². The highest BCUT2D eigenvalue weighted by Gasteiger charge is 2.17. The normalized spacial score (nSPS) is 18.6. The molecular weight excluding hydrogens is 250 g/mol. The van der Waals surface area contributed by atoms with Crippen molar-refractivity contribution in [3.63, 3.8) is 0 Å². The molecule has 0 spiro atoms. The summed E-state index contributed by atoms with van der Waals surface area (Å²) in [5.74, 6) is 0. The molecule has 1 aliphatic heterocycles. The number of nitrogens with one attached hydrogen (secondary N) is 1. The molecule has 0 aliphatic carbocycles. The Labute approximate surface area is 120 Å². The fourth-order valence-electron chi connectivity index (χ4n) is 2.97. The Morgan fingerprint density at radius 2 is 1.95 bits per heavy atom. The third kappa shape index (κ3) is 2.55. The van der Waals surface area contributed by atoms with Crippen LogP contribution in [-0.4, -0.2) is 32.7 Å². The third-order valence-electron chi connectivity index (χ3n) is 4.08. The lowest BCUT2D eigenvalue weighted by atomic mass is 10.1. The standard InChI is InChI=1S/C15H23N5/c1-11-9-15-16-10-14(13(3)20(15)17-11)12(2)18-19-7-5-4-6-8-19/h9-10,12,18H,4-8H2,1-3H3. The molecule has 108 valence electrons. The molecule has 0 amide bonds. The van der Waals surface area contributed by atoms with E-state index in [4.69, 9.17) is 0 Å². The summed E-state index contributed by atoms with van der Waals surface area (Å²) >= 11 is 0. The van der Waals surface area contributed by atoms with Crippen LogP contribution < -0.4 is 5.43 Å². The molecule has 0 saturated carbocycles. The highest BCUT2D eigenvalue weighted by molar-refractivity contribution is 5.42. The van der Waals surface area contributed by atoms with Crippen LogP contribution in [0.4, 0.5) is 0 Å². The fraction of sp³-hybridized carbons (Fsp3) is 0.600. The van der Waals surface area contributed by atoms with Gasteiger partial charge in [0.1, 0.15) is 0 Å². The summed E-state index contributed by atoms with van der Waals surface area (Å²) in [5.41, 5.74) is 7.91. The Kier molecular flexibility index (Phi) is 3.72. The molecular formula is C15H23N5. The summed E-state index contributed by atoms with van der Waals surface area (Å²) < 4.78 is 1.94. The van der Waals surface area contributed by atoms with Gasteiger partial charge in [-0.15, -0.1) is 0 Å². The van der Waals surface area contributed by atoms with Crippen LogP contribution in [0.1, 0.15) is 49.2 Å². The van der Waals surface area contributed by atoms with Gasteiger partial charge in [0, 0.05) is 42.7 Å². The molecule has 1 unspecified atom stereocenters. The van der Waals surface area contributed by atoms with Crippen molar-refractivity contribution in [1.82, 2.24) is 25.0 Å². The molecule has 2 aromatic rings. The molecule has 2 aromatic heterocycles. The first-order chi connectivity index (χ1) is 9.65. The Bertz CT molecular complexity index is 598. The van der Waals surface area contributed by atoms with E-state index in [-0.39, 0.29) is 6.04 Å². The van der Waals surface area contributed by atoms with Gasteiger partial charge in [-0.2, -0.15) is 5.10 Å². The molecule has 20 heavy (non-hydrogen) atoms. The zero-order valence-corrected chi connectivity index (χ0v) is 12.6. The first-order valence-electron chi connectivity index (χ1n) is 7.48. The minimum atomic E-state index is 0.259. The number of rotatable bonds is 3. The van der Waals surface area contributed by atoms with Gasteiger partial charge in [0.15, 0.2) is 5.65 Å². The van der Waals surface area contributed by atoms with Crippen LogP contribution in [0, 0.1) is 13.8 Å². The highest BCUT2D eigenvalue weighted by Crippen LogP contribution is 2.19. The van der Waals surface area contributed by atoms with Crippen LogP contribution in [0.3, 0.4) is 0 Å². The lowest BCUT2D eigenvalue weighted by Crippen LogP contribution is -2.43. The van der Waals surface area contributed by atoms with Crippen molar-refractivity contribution in [1.29, 1.82) is 0 Å². The number of hydrogen-bond donors (Lipinski definition) is 1. The fourth-order valence-corrected chi connectivity index (χ4v) is 2.97. The summed E-state index contributed by atoms with van der Waals surface area (Å²) in [4.78, 5) is 4.52. The highest BCUT2D eigenvalue weighted by atomic mass is 15.5. The van der Waals surface area contributed by atoms with Crippen molar-refractivity contribution in [2.75, 3.05) is 13.1 Å². The molecule has 0 bridgehead atoms. The van der Waals surface area contributed by atoms with Crippen LogP contribution in [0.15, 0.2) is 12.3 Å². The summed E-state index contributed by atoms with van der Waals surface area (Å²) in [6.45, 7) is 8.59. The van der Waals surface area contributed by atoms with Gasteiger partial charge in [-0.05, 0) is 33.6 Å². The van der Waals surface area contributed by atoms with Crippen LogP contribution in [0.2, 0.25) is 0 Å². The average Bonchev–Trinajstić information content (AvgIpc) is 2.82. The second-order valence-electron chi connectivity index (χ2n) is 5.75. The van der Waals surface area contributed by atoms with Crippen molar-refractivity contribution in [2.45, 2.75) is 46.1 Å². The number of fused-ring (bicyclic) bond motifs is 1. The molecule has 5 heteroatoms. The number of piperidine rings is 1. The monoisotopic (exact) mass is 273 g/mol. The molecule has 3 heterocycles. The lowest BCUT2D eigenvalue weighted by molar-refractivity contribution is 0.132. The van der Waals surface area contributed by atoms with E-state index in [2.05, 4.69) is 34.4 Å². The van der Waals surface area contributed by atoms with Gasteiger partial charge in [0.2, 0.25) is 0 Å². The van der Waals surface area contributed by atoms with Gasteiger partial charge in [-0.1, -0.05) is 6.42 Å². The number of aryl methyl sites for hydroxylation is 2. The minimum absolute atomic E-state index is 0.259. The van der Waals surface area contributed by atoms with Crippen molar-refractivity contribution >= 4 is 5.65 Å². The van der Waals surface area contributed by atoms with Crippen molar-refractivity contribution in [3.8, 4) is 0 Å². The van der Waals surface area contributed by atoms with Gasteiger partial charge >= 0.3 is 0 Å². The van der Waals surface area contributed by atoms with E-state index < -0.39 is 0 Å². The van der Waals surface area contributed by atoms with Gasteiger partial charge in [-0.3, -0.25) is 0 Å². The summed E-state index contributed by atoms with van der Waals surface area (Å²) in [7, 11) is 0. The van der Waals surface area contributed by atoms with E-state index in [0.29, 0.717) is 0 Å². The zero-order valence-electron chi connectivity index (χ0n) is 12.6. The maximum Gasteiger partial charge on any atom is 0.155 e. The number of hydrazine groups is 1. The molecule has 0 aromatic carbocycles. The molecule has 0 radical (unpaired) electrons. The molecule has 1 N–H and O–H groups in total. The van der Waals surface area contributed by atoms with E-state index in [9.17, 15) is 0 Å². The van der Waals surface area contributed by atoms with Gasteiger partial charge < -0.3 is 0 Å². The SMILES string of the molecule is Cc1cc2ncc(C(C)NN3CCCCC3)c(C)n2n1. The van der Waals surface area contributed by atoms with E-state index in [0.717, 1.165) is 24.4 Å². The predicted molar refractivity (Wildman–Crippen MR) is 79.4 cm³/mol. The molecule has 3 rings (SSSR count). The van der Waals surface area contributed by atoms with E-state index in [1.807, 2.05) is 23.7 Å². The smallest absolute Gasteiger partial charge is 0.155 e. The van der Waals surface area contributed by atoms with E-state index in [1.165, 1.54) is 30.5 Å². The van der Waals surface area contributed by atoms with Crippen LogP contribution in [0.25, 0.3) is 5.65 Å². The Hall–Kier alpha value is -1.46. The van der Waals surface area contributed by atoms with Crippen LogP contribution in [-0.2, 0) is 0 Å². The number of nitrogens with zero attached hydrogens (tertiary/aromatic N) is 4. The Morgan fingerprint density at radius 3 is 2.70 bits per heavy atom. The Morgan fingerprint density at radius 1 is 1.20 bits per heavy atom. The van der Waals surface area contributed by atoms with Gasteiger partial charge in [0.05, 0.1) is 5.69 Å². The number of aromatic nitrogens is 3. The molecule has 5 nitrogen and oxygen atoms in total. The lowest BCUT2D eigenvalue weighted by Gasteiger charge is -2.30. The molecule has 1 aliphatic rings. The maximum atomic E-state index is 4.52. The van der Waals surface area contributed by atoms with Crippen molar-refractivity contribution < 1.29 is 0 Å². The molecule has 1 fully saturated rings. The first-order valence-corrected chi connectivity index (χ1v) is 7.48. The number of hydrogen-bond acceptors (Lipinski definition) is 4. The second-order valence-corrected chi connectivity index (χ2v) is 5.75. The topological polar surface area (TPSA) is 45.5 Å². The molecule has 1 saturated heterocycles. The summed E-state index contributed by atoms with van der Waals surface area (Å²) in [5, 5.41) is 6.85. The van der Waals surface area contributed by atoms with E-state index >= 15 is 0 Å². The minimum Gasteiger partial charge on any atom is -0.248 e. The second kappa shape index (κ2) is 5.50. The first kappa shape index (κ1) is 13.5. The Balaban J connectivity index is 1.83. The van der Waals surface area contributed by atoms with Crippen LogP contribution >= 0.6 is 0 Å². The van der Waals surface area contributed by atoms with Gasteiger partial charge in [-0.25, -0.2) is 19.9 Å². The predicted octanol–water partition coefficient (Wildman–Crippen LogP) is 2.40.